The zero-order chi connectivity index (χ0) is 23.5. The molecule has 4 rings (SSSR count). The third-order valence-electron chi connectivity index (χ3n) is 5.41. The number of hydrogen-bond acceptors (Lipinski definition) is 7. The Morgan fingerprint density at radius 3 is 2.52 bits per heavy atom. The van der Waals surface area contributed by atoms with E-state index in [1.54, 1.807) is 23.1 Å². The van der Waals surface area contributed by atoms with Crippen LogP contribution in [0.25, 0.3) is 6.08 Å². The summed E-state index contributed by atoms with van der Waals surface area (Å²) in [6.45, 7) is 6.01. The zero-order valence-electron chi connectivity index (χ0n) is 18.7. The van der Waals surface area contributed by atoms with E-state index in [9.17, 15) is 9.59 Å². The van der Waals surface area contributed by atoms with Crippen molar-refractivity contribution >= 4 is 46.2 Å². The van der Waals surface area contributed by atoms with Crippen molar-refractivity contribution in [3.8, 4) is 11.5 Å². The van der Waals surface area contributed by atoms with Crippen molar-refractivity contribution in [1.82, 2.24) is 9.58 Å². The largest absolute Gasteiger partial charge is 0.493 e. The Hall–Kier alpha value is -2.82. The summed E-state index contributed by atoms with van der Waals surface area (Å²) in [5.41, 5.74) is 2.62. The first-order valence-electron chi connectivity index (χ1n) is 10.5. The Labute approximate surface area is 202 Å². The highest BCUT2D eigenvalue weighted by molar-refractivity contribution is 8.27. The molecule has 33 heavy (non-hydrogen) atoms. The third kappa shape index (κ3) is 4.92. The lowest BCUT2D eigenvalue weighted by Gasteiger charge is -2.26. The number of carbonyl (C=O) groups is 2. The van der Waals surface area contributed by atoms with Gasteiger partial charge in [-0.2, -0.15) is 5.01 Å². The van der Waals surface area contributed by atoms with Gasteiger partial charge in [-0.3, -0.25) is 14.3 Å². The first-order valence-corrected chi connectivity index (χ1v) is 11.7. The van der Waals surface area contributed by atoms with Crippen LogP contribution in [0.15, 0.2) is 35.2 Å². The van der Waals surface area contributed by atoms with Gasteiger partial charge in [0.2, 0.25) is 0 Å². The predicted octanol–water partition coefficient (Wildman–Crippen LogP) is 2.89. The Morgan fingerprint density at radius 1 is 1.15 bits per heavy atom. The summed E-state index contributed by atoms with van der Waals surface area (Å²) in [4.78, 5) is 27.7. The fourth-order valence-electron chi connectivity index (χ4n) is 3.70. The van der Waals surface area contributed by atoms with Gasteiger partial charge in [0.05, 0.1) is 25.2 Å². The number of rotatable bonds is 6. The summed E-state index contributed by atoms with van der Waals surface area (Å²) >= 11 is 6.73. The van der Waals surface area contributed by atoms with Crippen LogP contribution in [-0.2, 0) is 14.3 Å². The van der Waals surface area contributed by atoms with Crippen LogP contribution in [0.4, 0.5) is 0 Å². The summed E-state index contributed by atoms with van der Waals surface area (Å²) in [6.07, 6.45) is 1.78. The van der Waals surface area contributed by atoms with Gasteiger partial charge in [-0.1, -0.05) is 17.8 Å². The molecule has 3 heterocycles. The first kappa shape index (κ1) is 23.3. The Kier molecular flexibility index (Phi) is 7.06. The number of amides is 2. The molecule has 2 aliphatic rings. The number of morpholine rings is 1. The molecule has 2 aromatic rings. The van der Waals surface area contributed by atoms with E-state index in [2.05, 4.69) is 0 Å². The van der Waals surface area contributed by atoms with Crippen LogP contribution in [-0.4, -0.2) is 65.7 Å². The second-order valence-electron chi connectivity index (χ2n) is 7.61. The minimum absolute atomic E-state index is 0.0794. The number of carbonyl (C=O) groups excluding carboxylic acids is 2. The van der Waals surface area contributed by atoms with Crippen LogP contribution in [0.5, 0.6) is 11.5 Å². The fourth-order valence-corrected chi connectivity index (χ4v) is 4.94. The van der Waals surface area contributed by atoms with E-state index in [0.717, 1.165) is 17.0 Å². The van der Waals surface area contributed by atoms with Crippen LogP contribution in [0.3, 0.4) is 0 Å². The van der Waals surface area contributed by atoms with Crippen molar-refractivity contribution in [2.45, 2.75) is 13.8 Å². The second kappa shape index (κ2) is 9.98. The Balaban J connectivity index is 1.49. The lowest BCUT2D eigenvalue weighted by atomic mass is 10.2. The van der Waals surface area contributed by atoms with E-state index >= 15 is 0 Å². The number of benzene rings is 1. The minimum atomic E-state index is -0.178. The highest BCUT2D eigenvalue weighted by atomic mass is 32.2. The van der Waals surface area contributed by atoms with E-state index in [4.69, 9.17) is 26.4 Å². The molecule has 2 saturated heterocycles. The maximum Gasteiger partial charge on any atom is 0.285 e. The molecular weight excluding hydrogens is 462 g/mol. The van der Waals surface area contributed by atoms with Gasteiger partial charge in [-0.05, 0) is 62.0 Å². The molecule has 0 radical (unpaired) electrons. The standard InChI is InChI=1S/C23H25N3O5S2/c1-15-4-5-16(2)25(15)26-22(28)20(33-23(26)32)13-17-6-7-18(19(12-17)29-3)31-14-21(27)24-8-10-30-11-9-24/h4-7,12-13H,8-11,14H2,1-3H3. The summed E-state index contributed by atoms with van der Waals surface area (Å²) in [6, 6.07) is 9.22. The van der Waals surface area contributed by atoms with Gasteiger partial charge in [0.25, 0.3) is 11.8 Å². The summed E-state index contributed by atoms with van der Waals surface area (Å²) in [7, 11) is 1.53. The molecule has 2 amide bonds. The number of aryl methyl sites for hydroxylation is 2. The molecule has 0 unspecified atom stereocenters. The lowest BCUT2D eigenvalue weighted by Crippen LogP contribution is -2.43. The molecule has 0 N–H and O–H groups in total. The normalized spacial score (nSPS) is 17.7. The molecule has 2 aliphatic heterocycles. The van der Waals surface area contributed by atoms with Crippen molar-refractivity contribution in [1.29, 1.82) is 0 Å². The lowest BCUT2D eigenvalue weighted by molar-refractivity contribution is -0.137. The number of thioether (sulfide) groups is 1. The van der Waals surface area contributed by atoms with Gasteiger partial charge >= 0.3 is 0 Å². The number of aromatic nitrogens is 1. The number of methoxy groups -OCH3 is 1. The Morgan fingerprint density at radius 2 is 1.85 bits per heavy atom. The number of thiocarbonyl (C=S) groups is 1. The van der Waals surface area contributed by atoms with Crippen LogP contribution in [0.2, 0.25) is 0 Å². The molecule has 10 heteroatoms. The molecule has 0 bridgehead atoms. The summed E-state index contributed by atoms with van der Waals surface area (Å²) < 4.78 is 18.7. The monoisotopic (exact) mass is 487 g/mol. The molecule has 1 aromatic carbocycles. The van der Waals surface area contributed by atoms with Crippen molar-refractivity contribution in [2.75, 3.05) is 45.0 Å². The average molecular weight is 488 g/mol. The van der Waals surface area contributed by atoms with E-state index in [1.807, 2.05) is 36.7 Å². The van der Waals surface area contributed by atoms with Gasteiger partial charge in [0.1, 0.15) is 0 Å². The van der Waals surface area contributed by atoms with Gasteiger partial charge in [-0.15, -0.1) is 0 Å². The smallest absolute Gasteiger partial charge is 0.285 e. The number of nitrogens with zero attached hydrogens (tertiary/aromatic N) is 3. The van der Waals surface area contributed by atoms with Gasteiger partial charge < -0.3 is 19.1 Å². The fraction of sp³-hybridized carbons (Fsp3) is 0.348. The minimum Gasteiger partial charge on any atom is -0.493 e. The molecule has 0 aliphatic carbocycles. The SMILES string of the molecule is COc1cc(C=C2SC(=S)N(n3c(C)ccc3C)C2=O)ccc1OCC(=O)N1CCOCC1. The van der Waals surface area contributed by atoms with E-state index < -0.39 is 0 Å². The van der Waals surface area contributed by atoms with Crippen molar-refractivity contribution < 1.29 is 23.8 Å². The molecular formula is C23H25N3O5S2. The maximum atomic E-state index is 13.1. The van der Waals surface area contributed by atoms with Gasteiger partial charge in [0, 0.05) is 24.5 Å². The third-order valence-corrected chi connectivity index (χ3v) is 6.69. The quantitative estimate of drug-likeness (QED) is 0.458. The second-order valence-corrected chi connectivity index (χ2v) is 9.29. The highest BCUT2D eigenvalue weighted by Gasteiger charge is 2.34. The predicted molar refractivity (Wildman–Crippen MR) is 131 cm³/mol. The van der Waals surface area contributed by atoms with Crippen molar-refractivity contribution in [3.05, 3.63) is 52.2 Å². The molecule has 0 atom stereocenters. The van der Waals surface area contributed by atoms with Gasteiger partial charge in [-0.25, -0.2) is 0 Å². The molecule has 2 fully saturated rings. The molecule has 0 saturated carbocycles. The topological polar surface area (TPSA) is 73.2 Å². The van der Waals surface area contributed by atoms with Gasteiger partial charge in [0.15, 0.2) is 22.4 Å². The van der Waals surface area contributed by atoms with Crippen LogP contribution >= 0.6 is 24.0 Å². The Bertz CT molecular complexity index is 1100. The van der Waals surface area contributed by atoms with Crippen LogP contribution in [0.1, 0.15) is 17.0 Å². The van der Waals surface area contributed by atoms with Crippen LogP contribution in [0, 0.1) is 13.8 Å². The number of hydrogen-bond donors (Lipinski definition) is 0. The molecule has 174 valence electrons. The zero-order valence-corrected chi connectivity index (χ0v) is 20.3. The maximum absolute atomic E-state index is 13.1. The van der Waals surface area contributed by atoms with Crippen molar-refractivity contribution in [2.24, 2.45) is 0 Å². The van der Waals surface area contributed by atoms with E-state index in [-0.39, 0.29) is 18.4 Å². The average Bonchev–Trinajstić information content (AvgIpc) is 3.29. The number of ether oxygens (including phenoxy) is 3. The molecule has 0 spiro atoms. The molecule has 8 nitrogen and oxygen atoms in total. The highest BCUT2D eigenvalue weighted by Crippen LogP contribution is 2.35. The van der Waals surface area contributed by atoms with E-state index in [1.165, 1.54) is 23.9 Å². The molecule has 1 aromatic heterocycles. The first-order chi connectivity index (χ1) is 15.9. The summed E-state index contributed by atoms with van der Waals surface area (Å²) in [5.74, 6) is 0.667. The van der Waals surface area contributed by atoms with Crippen LogP contribution < -0.4 is 14.5 Å². The summed E-state index contributed by atoms with van der Waals surface area (Å²) in [5, 5.41) is 1.52. The van der Waals surface area contributed by atoms with E-state index in [0.29, 0.717) is 47.0 Å². The van der Waals surface area contributed by atoms with Crippen molar-refractivity contribution in [3.63, 3.8) is 0 Å².